The van der Waals surface area contributed by atoms with Gasteiger partial charge in [0.05, 0.1) is 0 Å². The fraction of sp³-hybridized carbons (Fsp3) is 0. The van der Waals surface area contributed by atoms with Crippen LogP contribution < -0.4 is 5.73 Å². The topological polar surface area (TPSA) is 80.5 Å². The molecule has 0 unspecified atom stereocenters. The van der Waals surface area contributed by atoms with Gasteiger partial charge >= 0.3 is 0 Å². The molecule has 0 fully saturated rings. The SMILES string of the molecule is Nc1nc(Cl)nc2nc(Sc3cc(Cl)cc(Cl)c3)[nH]c12. The van der Waals surface area contributed by atoms with Crippen LogP contribution in [0.1, 0.15) is 0 Å². The molecule has 2 heterocycles. The van der Waals surface area contributed by atoms with E-state index in [9.17, 15) is 0 Å². The molecule has 1 aromatic carbocycles. The van der Waals surface area contributed by atoms with Crippen molar-refractivity contribution in [1.29, 1.82) is 0 Å². The number of aromatic amines is 1. The number of imidazole rings is 1. The number of nitrogens with one attached hydrogen (secondary N) is 1. The van der Waals surface area contributed by atoms with Crippen molar-refractivity contribution in [2.24, 2.45) is 0 Å². The number of aromatic nitrogens is 4. The van der Waals surface area contributed by atoms with Gasteiger partial charge in [-0.3, -0.25) is 0 Å². The molecule has 20 heavy (non-hydrogen) atoms. The Bertz CT molecular complexity index is 784. The Morgan fingerprint density at radius 1 is 1.00 bits per heavy atom. The lowest BCUT2D eigenvalue weighted by molar-refractivity contribution is 1.07. The molecule has 102 valence electrons. The summed E-state index contributed by atoms with van der Waals surface area (Å²) < 4.78 is 0. The summed E-state index contributed by atoms with van der Waals surface area (Å²) in [5.74, 6) is 0.253. The van der Waals surface area contributed by atoms with Gasteiger partial charge in [-0.15, -0.1) is 0 Å². The Labute approximate surface area is 132 Å². The number of H-pyrrole nitrogens is 1. The molecule has 0 bridgehead atoms. The van der Waals surface area contributed by atoms with Gasteiger partial charge in [0, 0.05) is 14.9 Å². The predicted molar refractivity (Wildman–Crippen MR) is 81.7 cm³/mol. The van der Waals surface area contributed by atoms with Gasteiger partial charge < -0.3 is 10.7 Å². The number of nitrogens with two attached hydrogens (primary N) is 1. The van der Waals surface area contributed by atoms with Crippen LogP contribution in [0.15, 0.2) is 28.3 Å². The average molecular weight is 347 g/mol. The van der Waals surface area contributed by atoms with E-state index in [-0.39, 0.29) is 11.1 Å². The van der Waals surface area contributed by atoms with Crippen molar-refractivity contribution in [3.63, 3.8) is 0 Å². The van der Waals surface area contributed by atoms with Crippen molar-refractivity contribution in [3.8, 4) is 0 Å². The van der Waals surface area contributed by atoms with Gasteiger partial charge in [0.1, 0.15) is 5.52 Å². The highest BCUT2D eigenvalue weighted by Crippen LogP contribution is 2.32. The standard InChI is InChI=1S/C11H6Cl3N5S/c12-4-1-5(13)3-6(2-4)20-11-16-7-8(15)17-10(14)18-9(7)19-11/h1-3H,(H3,15,16,17,18,19). The Morgan fingerprint density at radius 3 is 2.40 bits per heavy atom. The molecule has 0 aliphatic heterocycles. The Morgan fingerprint density at radius 2 is 1.70 bits per heavy atom. The maximum atomic E-state index is 5.95. The van der Waals surface area contributed by atoms with Crippen molar-refractivity contribution < 1.29 is 0 Å². The Balaban J connectivity index is 2.00. The number of rotatable bonds is 2. The highest BCUT2D eigenvalue weighted by atomic mass is 35.5. The maximum Gasteiger partial charge on any atom is 0.226 e. The molecule has 0 aliphatic carbocycles. The van der Waals surface area contributed by atoms with E-state index in [0.29, 0.717) is 26.4 Å². The second kappa shape index (κ2) is 5.29. The van der Waals surface area contributed by atoms with E-state index in [0.717, 1.165) is 4.90 Å². The lowest BCUT2D eigenvalue weighted by Crippen LogP contribution is -1.94. The van der Waals surface area contributed by atoms with Crippen LogP contribution in [0.4, 0.5) is 5.82 Å². The molecule has 0 saturated heterocycles. The van der Waals surface area contributed by atoms with E-state index in [4.69, 9.17) is 40.5 Å². The van der Waals surface area contributed by atoms with Gasteiger partial charge in [-0.25, -0.2) is 4.98 Å². The fourth-order valence-electron chi connectivity index (χ4n) is 1.62. The summed E-state index contributed by atoms with van der Waals surface area (Å²) in [5.41, 5.74) is 6.71. The summed E-state index contributed by atoms with van der Waals surface area (Å²) in [6, 6.07) is 5.23. The Hall–Kier alpha value is -1.21. The van der Waals surface area contributed by atoms with E-state index < -0.39 is 0 Å². The molecular weight excluding hydrogens is 341 g/mol. The third kappa shape index (κ3) is 2.78. The van der Waals surface area contributed by atoms with Crippen LogP contribution in [-0.4, -0.2) is 19.9 Å². The maximum absolute atomic E-state index is 5.95. The summed E-state index contributed by atoms with van der Waals surface area (Å²) in [6.07, 6.45) is 0. The van der Waals surface area contributed by atoms with Crippen LogP contribution in [0.2, 0.25) is 15.3 Å². The molecular formula is C11H6Cl3N5S. The second-order valence-electron chi connectivity index (χ2n) is 3.83. The summed E-state index contributed by atoms with van der Waals surface area (Å²) >= 11 is 19.0. The lowest BCUT2D eigenvalue weighted by Gasteiger charge is -1.99. The van der Waals surface area contributed by atoms with Gasteiger partial charge in [0.25, 0.3) is 0 Å². The van der Waals surface area contributed by atoms with Gasteiger partial charge in [0.2, 0.25) is 5.28 Å². The summed E-state index contributed by atoms with van der Waals surface area (Å²) in [7, 11) is 0. The quantitative estimate of drug-likeness (QED) is 0.684. The van der Waals surface area contributed by atoms with Crippen LogP contribution in [-0.2, 0) is 0 Å². The summed E-state index contributed by atoms with van der Waals surface area (Å²) in [6.45, 7) is 0. The minimum absolute atomic E-state index is 0.0591. The monoisotopic (exact) mass is 345 g/mol. The van der Waals surface area contributed by atoms with E-state index in [1.807, 2.05) is 0 Å². The number of fused-ring (bicyclic) bond motifs is 1. The molecule has 0 spiro atoms. The number of nitrogens with zero attached hydrogens (tertiary/aromatic N) is 3. The first-order chi connectivity index (χ1) is 9.51. The van der Waals surface area contributed by atoms with Crippen molar-refractivity contribution in [2.75, 3.05) is 5.73 Å². The van der Waals surface area contributed by atoms with Crippen molar-refractivity contribution >= 4 is 63.5 Å². The number of nitrogen functional groups attached to an aromatic ring is 1. The van der Waals surface area contributed by atoms with Crippen LogP contribution in [0.5, 0.6) is 0 Å². The predicted octanol–water partition coefficient (Wildman–Crippen LogP) is 4.05. The van der Waals surface area contributed by atoms with E-state index >= 15 is 0 Å². The van der Waals surface area contributed by atoms with E-state index in [1.165, 1.54) is 11.8 Å². The van der Waals surface area contributed by atoms with Crippen molar-refractivity contribution in [2.45, 2.75) is 10.1 Å². The van der Waals surface area contributed by atoms with Crippen molar-refractivity contribution in [3.05, 3.63) is 33.5 Å². The van der Waals surface area contributed by atoms with E-state index in [2.05, 4.69) is 19.9 Å². The molecule has 3 N–H and O–H groups in total. The number of anilines is 1. The second-order valence-corrected chi connectivity index (χ2v) is 6.10. The Kier molecular flexibility index (Phi) is 3.64. The van der Waals surface area contributed by atoms with Crippen LogP contribution in [0, 0.1) is 0 Å². The molecule has 2 aromatic heterocycles. The van der Waals surface area contributed by atoms with Crippen LogP contribution in [0.3, 0.4) is 0 Å². The zero-order valence-corrected chi connectivity index (χ0v) is 12.8. The highest BCUT2D eigenvalue weighted by Gasteiger charge is 2.11. The van der Waals surface area contributed by atoms with Gasteiger partial charge in [-0.1, -0.05) is 35.0 Å². The molecule has 0 aliphatic rings. The van der Waals surface area contributed by atoms with Crippen molar-refractivity contribution in [1.82, 2.24) is 19.9 Å². The van der Waals surface area contributed by atoms with Gasteiger partial charge in [-0.2, -0.15) is 9.97 Å². The minimum Gasteiger partial charge on any atom is -0.382 e. The third-order valence-electron chi connectivity index (χ3n) is 2.38. The molecule has 3 rings (SSSR count). The number of benzene rings is 1. The molecule has 0 radical (unpaired) electrons. The molecule has 5 nitrogen and oxygen atoms in total. The smallest absolute Gasteiger partial charge is 0.226 e. The largest absolute Gasteiger partial charge is 0.382 e. The number of halogens is 3. The summed E-state index contributed by atoms with van der Waals surface area (Å²) in [5, 5.41) is 1.77. The fourth-order valence-corrected chi connectivity index (χ4v) is 3.32. The molecule has 0 amide bonds. The van der Waals surface area contributed by atoms with Crippen LogP contribution in [0.25, 0.3) is 11.2 Å². The average Bonchev–Trinajstić information content (AvgIpc) is 2.70. The lowest BCUT2D eigenvalue weighted by atomic mass is 10.4. The first-order valence-electron chi connectivity index (χ1n) is 5.34. The zero-order valence-electron chi connectivity index (χ0n) is 9.69. The minimum atomic E-state index is 0.0591. The first kappa shape index (κ1) is 13.8. The highest BCUT2D eigenvalue weighted by molar-refractivity contribution is 7.99. The van der Waals surface area contributed by atoms with Gasteiger partial charge in [0.15, 0.2) is 16.6 Å². The van der Waals surface area contributed by atoms with E-state index in [1.54, 1.807) is 18.2 Å². The number of hydrogen-bond acceptors (Lipinski definition) is 5. The number of hydrogen-bond donors (Lipinski definition) is 2. The first-order valence-corrected chi connectivity index (χ1v) is 7.29. The van der Waals surface area contributed by atoms with Gasteiger partial charge in [-0.05, 0) is 29.8 Å². The molecule has 9 heteroatoms. The molecule has 0 saturated carbocycles. The normalized spacial score (nSPS) is 11.2. The molecule has 0 atom stereocenters. The third-order valence-corrected chi connectivity index (χ3v) is 3.84. The van der Waals surface area contributed by atoms with Crippen LogP contribution >= 0.6 is 46.6 Å². The zero-order chi connectivity index (χ0) is 14.3. The summed E-state index contributed by atoms with van der Waals surface area (Å²) in [4.78, 5) is 16.0. The molecule has 3 aromatic rings.